The van der Waals surface area contributed by atoms with E-state index in [0.717, 1.165) is 5.56 Å². The number of rotatable bonds is 3. The molecule has 0 fully saturated rings. The Hall–Kier alpha value is -3.35. The highest BCUT2D eigenvalue weighted by molar-refractivity contribution is 6.05. The molecular formula is C19H20N4O3. The summed E-state index contributed by atoms with van der Waals surface area (Å²) >= 11 is 0. The minimum absolute atomic E-state index is 0.121. The first kappa shape index (κ1) is 17.5. The maximum atomic E-state index is 13.0. The average molecular weight is 352 g/mol. The summed E-state index contributed by atoms with van der Waals surface area (Å²) in [5.74, 6) is -0.558. The van der Waals surface area contributed by atoms with Gasteiger partial charge >= 0.3 is 0 Å². The van der Waals surface area contributed by atoms with Gasteiger partial charge in [-0.15, -0.1) is 0 Å². The summed E-state index contributed by atoms with van der Waals surface area (Å²) in [4.78, 5) is 30.3. The fraction of sp³-hybridized carbons (Fsp3) is 0.211. The molecule has 3 rings (SSSR count). The van der Waals surface area contributed by atoms with Crippen LogP contribution in [0.3, 0.4) is 0 Å². The molecular weight excluding hydrogens is 332 g/mol. The van der Waals surface area contributed by atoms with Gasteiger partial charge in [-0.05, 0) is 32.0 Å². The second-order valence-electron chi connectivity index (χ2n) is 6.23. The quantitative estimate of drug-likeness (QED) is 0.648. The SMILES string of the molecule is CC(C)N1C(=O)C(c2ccccc2)Oc2ccc(C(=O)N=C(N)N)cc21. The van der Waals surface area contributed by atoms with Crippen LogP contribution in [0, 0.1) is 0 Å². The van der Waals surface area contributed by atoms with Crippen LogP contribution in [0.25, 0.3) is 0 Å². The van der Waals surface area contributed by atoms with Gasteiger partial charge in [-0.25, -0.2) is 0 Å². The van der Waals surface area contributed by atoms with Crippen LogP contribution in [0.1, 0.15) is 35.9 Å². The van der Waals surface area contributed by atoms with Crippen molar-refractivity contribution >= 4 is 23.5 Å². The number of anilines is 1. The van der Waals surface area contributed by atoms with Crippen molar-refractivity contribution in [2.45, 2.75) is 26.0 Å². The van der Waals surface area contributed by atoms with Crippen LogP contribution < -0.4 is 21.1 Å². The van der Waals surface area contributed by atoms with Crippen molar-refractivity contribution in [1.29, 1.82) is 0 Å². The number of carbonyl (C=O) groups excluding carboxylic acids is 2. The lowest BCUT2D eigenvalue weighted by Gasteiger charge is -2.37. The fourth-order valence-electron chi connectivity index (χ4n) is 2.91. The van der Waals surface area contributed by atoms with Crippen LogP contribution in [0.4, 0.5) is 5.69 Å². The molecule has 1 heterocycles. The molecule has 4 N–H and O–H groups in total. The van der Waals surface area contributed by atoms with Crippen molar-refractivity contribution in [1.82, 2.24) is 0 Å². The van der Waals surface area contributed by atoms with Crippen LogP contribution in [0.15, 0.2) is 53.5 Å². The van der Waals surface area contributed by atoms with Gasteiger partial charge in [0.2, 0.25) is 6.10 Å². The van der Waals surface area contributed by atoms with E-state index >= 15 is 0 Å². The lowest BCUT2D eigenvalue weighted by atomic mass is 10.0. The van der Waals surface area contributed by atoms with Crippen LogP contribution in [0.2, 0.25) is 0 Å². The van der Waals surface area contributed by atoms with Gasteiger partial charge in [0.1, 0.15) is 5.75 Å². The van der Waals surface area contributed by atoms with Crippen LogP contribution in [-0.2, 0) is 4.79 Å². The van der Waals surface area contributed by atoms with Crippen LogP contribution in [0.5, 0.6) is 5.75 Å². The number of amides is 2. The van der Waals surface area contributed by atoms with E-state index in [4.69, 9.17) is 16.2 Å². The molecule has 2 aromatic rings. The van der Waals surface area contributed by atoms with Crippen molar-refractivity contribution in [3.8, 4) is 5.75 Å². The zero-order chi connectivity index (χ0) is 18.8. The van der Waals surface area contributed by atoms with Crippen molar-refractivity contribution < 1.29 is 14.3 Å². The predicted molar refractivity (Wildman–Crippen MR) is 99.0 cm³/mol. The third kappa shape index (κ3) is 3.23. The predicted octanol–water partition coefficient (Wildman–Crippen LogP) is 1.98. The molecule has 2 amide bonds. The Kier molecular flexibility index (Phi) is 4.62. The van der Waals surface area contributed by atoms with E-state index in [1.54, 1.807) is 23.1 Å². The van der Waals surface area contributed by atoms with Gasteiger partial charge < -0.3 is 21.1 Å². The van der Waals surface area contributed by atoms with E-state index in [1.165, 1.54) is 0 Å². The summed E-state index contributed by atoms with van der Waals surface area (Å²) < 4.78 is 5.94. The first-order valence-electron chi connectivity index (χ1n) is 8.21. The van der Waals surface area contributed by atoms with Crippen molar-refractivity contribution in [3.05, 3.63) is 59.7 Å². The van der Waals surface area contributed by atoms with Crippen molar-refractivity contribution in [2.24, 2.45) is 16.5 Å². The van der Waals surface area contributed by atoms with Crippen molar-refractivity contribution in [3.63, 3.8) is 0 Å². The van der Waals surface area contributed by atoms with E-state index in [9.17, 15) is 9.59 Å². The molecule has 1 unspecified atom stereocenters. The van der Waals surface area contributed by atoms with E-state index in [2.05, 4.69) is 4.99 Å². The smallest absolute Gasteiger partial charge is 0.280 e. The minimum Gasteiger partial charge on any atom is -0.474 e. The monoisotopic (exact) mass is 352 g/mol. The van der Waals surface area contributed by atoms with E-state index in [-0.39, 0.29) is 23.5 Å². The van der Waals surface area contributed by atoms with E-state index < -0.39 is 12.0 Å². The Labute approximate surface area is 151 Å². The molecule has 0 saturated heterocycles. The summed E-state index contributed by atoms with van der Waals surface area (Å²) in [6, 6.07) is 14.0. The maximum Gasteiger partial charge on any atom is 0.280 e. The topological polar surface area (TPSA) is 111 Å². The highest BCUT2D eigenvalue weighted by Crippen LogP contribution is 2.40. The molecule has 1 aliphatic rings. The number of hydrogen-bond acceptors (Lipinski definition) is 3. The summed E-state index contributed by atoms with van der Waals surface area (Å²) in [5.41, 5.74) is 12.1. The number of carbonyl (C=O) groups is 2. The van der Waals surface area contributed by atoms with Gasteiger partial charge in [-0.2, -0.15) is 4.99 Å². The number of guanidine groups is 1. The summed E-state index contributed by atoms with van der Waals surface area (Å²) in [7, 11) is 0. The number of benzene rings is 2. The Morgan fingerprint density at radius 2 is 1.85 bits per heavy atom. The first-order valence-corrected chi connectivity index (χ1v) is 8.21. The van der Waals surface area contributed by atoms with Gasteiger partial charge in [0.05, 0.1) is 5.69 Å². The number of fused-ring (bicyclic) bond motifs is 1. The molecule has 1 atom stereocenters. The molecule has 134 valence electrons. The standard InChI is InChI=1S/C19H20N4O3/c1-11(2)23-14-10-13(17(24)22-19(20)21)8-9-15(14)26-16(18(23)25)12-6-4-3-5-7-12/h3-11,16H,1-2H3,(H4,20,21,22,24). The Morgan fingerprint density at radius 3 is 2.46 bits per heavy atom. The second kappa shape index (κ2) is 6.87. The molecule has 0 aliphatic carbocycles. The van der Waals surface area contributed by atoms with E-state index in [1.807, 2.05) is 44.2 Å². The molecule has 7 heteroatoms. The Morgan fingerprint density at radius 1 is 1.15 bits per heavy atom. The molecule has 26 heavy (non-hydrogen) atoms. The zero-order valence-electron chi connectivity index (χ0n) is 14.5. The Bertz CT molecular complexity index is 874. The van der Waals surface area contributed by atoms with Crippen LogP contribution >= 0.6 is 0 Å². The summed E-state index contributed by atoms with van der Waals surface area (Å²) in [6.45, 7) is 3.80. The average Bonchev–Trinajstić information content (AvgIpc) is 2.60. The largest absolute Gasteiger partial charge is 0.474 e. The third-order valence-electron chi connectivity index (χ3n) is 4.02. The maximum absolute atomic E-state index is 13.0. The van der Waals surface area contributed by atoms with Gasteiger partial charge in [-0.3, -0.25) is 9.59 Å². The fourth-order valence-corrected chi connectivity index (χ4v) is 2.91. The normalized spacial score (nSPS) is 16.0. The molecule has 7 nitrogen and oxygen atoms in total. The van der Waals surface area contributed by atoms with Gasteiger partial charge in [-0.1, -0.05) is 30.3 Å². The van der Waals surface area contributed by atoms with E-state index in [0.29, 0.717) is 11.4 Å². The number of ether oxygens (including phenoxy) is 1. The molecule has 0 spiro atoms. The lowest BCUT2D eigenvalue weighted by molar-refractivity contribution is -0.127. The Balaban J connectivity index is 2.05. The number of aliphatic imine (C=N–C) groups is 1. The second-order valence-corrected chi connectivity index (χ2v) is 6.23. The lowest BCUT2D eigenvalue weighted by Crippen LogP contribution is -2.45. The summed E-state index contributed by atoms with van der Waals surface area (Å²) in [6.07, 6.45) is -0.731. The highest BCUT2D eigenvalue weighted by atomic mass is 16.5. The number of nitrogens with zero attached hydrogens (tertiary/aromatic N) is 2. The zero-order valence-corrected chi connectivity index (χ0v) is 14.5. The number of hydrogen-bond donors (Lipinski definition) is 2. The minimum atomic E-state index is -0.731. The molecule has 2 aromatic carbocycles. The number of nitrogens with two attached hydrogens (primary N) is 2. The molecule has 0 aromatic heterocycles. The summed E-state index contributed by atoms with van der Waals surface area (Å²) in [5, 5.41) is 0. The van der Waals surface area contributed by atoms with Crippen molar-refractivity contribution in [2.75, 3.05) is 4.90 Å². The van der Waals surface area contributed by atoms with Gasteiger partial charge in [0.25, 0.3) is 11.8 Å². The van der Waals surface area contributed by atoms with Gasteiger partial charge in [0, 0.05) is 17.2 Å². The molecule has 0 radical (unpaired) electrons. The third-order valence-corrected chi connectivity index (χ3v) is 4.02. The van der Waals surface area contributed by atoms with Gasteiger partial charge in [0.15, 0.2) is 5.96 Å². The molecule has 0 bridgehead atoms. The molecule has 1 aliphatic heterocycles. The first-order chi connectivity index (χ1) is 12.4. The highest BCUT2D eigenvalue weighted by Gasteiger charge is 2.37. The van der Waals surface area contributed by atoms with Crippen LogP contribution in [-0.4, -0.2) is 23.8 Å². The molecule has 0 saturated carbocycles.